The van der Waals surface area contributed by atoms with Crippen LogP contribution in [0.3, 0.4) is 0 Å². The van der Waals surface area contributed by atoms with Crippen LogP contribution in [0.25, 0.3) is 0 Å². The Labute approximate surface area is 124 Å². The molecule has 2 heterocycles. The number of nitrogens with zero attached hydrogens (tertiary/aromatic N) is 2. The lowest BCUT2D eigenvalue weighted by Gasteiger charge is -2.30. The minimum atomic E-state index is -0.407. The van der Waals surface area contributed by atoms with E-state index in [2.05, 4.69) is 17.6 Å². The molecule has 2 saturated heterocycles. The third-order valence-corrected chi connectivity index (χ3v) is 3.71. The molecule has 0 bridgehead atoms. The number of halogens is 1. The van der Waals surface area contributed by atoms with Crippen molar-refractivity contribution in [3.8, 4) is 0 Å². The molecule has 4 amide bonds. The fourth-order valence-corrected chi connectivity index (χ4v) is 2.40. The molecule has 2 aliphatic rings. The van der Waals surface area contributed by atoms with Crippen LogP contribution in [0.4, 0.5) is 4.79 Å². The third kappa shape index (κ3) is 3.61. The number of hydrogen-bond acceptors (Lipinski definition) is 4. The molecule has 20 heavy (non-hydrogen) atoms. The lowest BCUT2D eigenvalue weighted by molar-refractivity contribution is -0.131. The zero-order chi connectivity index (χ0) is 14.0. The second kappa shape index (κ2) is 6.90. The van der Waals surface area contributed by atoms with E-state index in [1.165, 1.54) is 4.90 Å². The summed E-state index contributed by atoms with van der Waals surface area (Å²) in [4.78, 5) is 37.4. The molecule has 2 aliphatic heterocycles. The number of urea groups is 1. The first-order valence-corrected chi connectivity index (χ1v) is 6.54. The van der Waals surface area contributed by atoms with Gasteiger partial charge in [0.2, 0.25) is 5.91 Å². The van der Waals surface area contributed by atoms with Crippen LogP contribution in [0, 0.1) is 5.92 Å². The van der Waals surface area contributed by atoms with Gasteiger partial charge in [0.25, 0.3) is 5.91 Å². The predicted octanol–water partition coefficient (Wildman–Crippen LogP) is -0.584. The fraction of sp³-hybridized carbons (Fsp3) is 0.750. The molecule has 0 aromatic rings. The van der Waals surface area contributed by atoms with Crippen LogP contribution >= 0.6 is 12.4 Å². The number of carbonyl (C=O) groups excluding carboxylic acids is 3. The van der Waals surface area contributed by atoms with Crippen molar-refractivity contribution >= 4 is 30.3 Å². The minimum Gasteiger partial charge on any atom is -0.350 e. The van der Waals surface area contributed by atoms with E-state index in [0.29, 0.717) is 5.92 Å². The molecule has 8 heteroatoms. The number of imide groups is 1. The first kappa shape index (κ1) is 16.7. The van der Waals surface area contributed by atoms with Gasteiger partial charge in [-0.1, -0.05) is 6.92 Å². The third-order valence-electron chi connectivity index (χ3n) is 3.71. The van der Waals surface area contributed by atoms with Crippen LogP contribution in [0.1, 0.15) is 13.3 Å². The molecule has 7 nitrogen and oxygen atoms in total. The van der Waals surface area contributed by atoms with Crippen LogP contribution in [-0.2, 0) is 9.59 Å². The van der Waals surface area contributed by atoms with Gasteiger partial charge in [0, 0.05) is 19.6 Å². The predicted molar refractivity (Wildman–Crippen MR) is 75.6 cm³/mol. The second-order valence-electron chi connectivity index (χ2n) is 5.26. The highest BCUT2D eigenvalue weighted by Gasteiger charge is 2.35. The number of hydrogen-bond donors (Lipinski definition) is 2. The monoisotopic (exact) mass is 304 g/mol. The van der Waals surface area contributed by atoms with Crippen LogP contribution < -0.4 is 10.6 Å². The molecular weight excluding hydrogens is 284 g/mol. The summed E-state index contributed by atoms with van der Waals surface area (Å²) in [5.41, 5.74) is 0. The van der Waals surface area contributed by atoms with Crippen LogP contribution in [0.5, 0.6) is 0 Å². The molecule has 0 spiro atoms. The smallest absolute Gasteiger partial charge is 0.327 e. The molecule has 0 saturated carbocycles. The quantitative estimate of drug-likeness (QED) is 0.683. The Morgan fingerprint density at radius 2 is 2.15 bits per heavy atom. The molecule has 0 aromatic heterocycles. The zero-order valence-corrected chi connectivity index (χ0v) is 12.5. The van der Waals surface area contributed by atoms with Crippen molar-refractivity contribution in [1.29, 1.82) is 0 Å². The van der Waals surface area contributed by atoms with Gasteiger partial charge in [-0.3, -0.25) is 14.5 Å². The van der Waals surface area contributed by atoms with E-state index < -0.39 is 6.03 Å². The van der Waals surface area contributed by atoms with Gasteiger partial charge in [0.05, 0.1) is 0 Å². The number of likely N-dealkylation sites (N-methyl/N-ethyl adjacent to an activating group) is 1. The summed E-state index contributed by atoms with van der Waals surface area (Å²) in [6.45, 7) is 3.64. The van der Waals surface area contributed by atoms with Crippen molar-refractivity contribution in [2.24, 2.45) is 5.92 Å². The maximum atomic E-state index is 11.9. The summed E-state index contributed by atoms with van der Waals surface area (Å²) in [5, 5.41) is 6.10. The van der Waals surface area contributed by atoms with Gasteiger partial charge in [0.1, 0.15) is 13.1 Å². The number of rotatable bonds is 3. The first-order valence-electron chi connectivity index (χ1n) is 6.54. The van der Waals surface area contributed by atoms with Gasteiger partial charge < -0.3 is 15.5 Å². The summed E-state index contributed by atoms with van der Waals surface area (Å²) < 4.78 is 0. The van der Waals surface area contributed by atoms with Crippen LogP contribution in [0.15, 0.2) is 0 Å². The molecule has 114 valence electrons. The van der Waals surface area contributed by atoms with E-state index in [4.69, 9.17) is 0 Å². The molecule has 2 N–H and O–H groups in total. The molecule has 2 unspecified atom stereocenters. The van der Waals surface area contributed by atoms with Gasteiger partial charge >= 0.3 is 6.03 Å². The highest BCUT2D eigenvalue weighted by molar-refractivity contribution is 6.04. The highest BCUT2D eigenvalue weighted by atomic mass is 35.5. The van der Waals surface area contributed by atoms with Crippen molar-refractivity contribution in [2.75, 3.05) is 33.2 Å². The van der Waals surface area contributed by atoms with E-state index in [1.807, 2.05) is 0 Å². The van der Waals surface area contributed by atoms with Crippen LogP contribution in [-0.4, -0.2) is 66.9 Å². The maximum absolute atomic E-state index is 11.9. The molecule has 2 rings (SSSR count). The number of amides is 4. The number of piperidine rings is 1. The first-order chi connectivity index (χ1) is 8.99. The van der Waals surface area contributed by atoms with Crippen LogP contribution in [0.2, 0.25) is 0 Å². The maximum Gasteiger partial charge on any atom is 0.327 e. The van der Waals surface area contributed by atoms with E-state index in [1.54, 1.807) is 7.05 Å². The van der Waals surface area contributed by atoms with Gasteiger partial charge in [-0.15, -0.1) is 12.4 Å². The van der Waals surface area contributed by atoms with E-state index in [-0.39, 0.29) is 43.4 Å². The zero-order valence-electron chi connectivity index (χ0n) is 11.7. The topological polar surface area (TPSA) is 81.8 Å². The van der Waals surface area contributed by atoms with Crippen molar-refractivity contribution in [2.45, 2.75) is 19.4 Å². The molecule has 0 aromatic carbocycles. The Balaban J connectivity index is 0.00000200. The van der Waals surface area contributed by atoms with E-state index >= 15 is 0 Å². The Hall–Kier alpha value is -1.34. The summed E-state index contributed by atoms with van der Waals surface area (Å²) in [6.07, 6.45) is 1.01. The number of carbonyl (C=O) groups is 3. The Kier molecular flexibility index (Phi) is 5.76. The summed E-state index contributed by atoms with van der Waals surface area (Å²) in [6, 6.07) is -0.346. The van der Waals surface area contributed by atoms with Crippen molar-refractivity contribution in [1.82, 2.24) is 20.4 Å². The van der Waals surface area contributed by atoms with Crippen molar-refractivity contribution in [3.05, 3.63) is 0 Å². The Morgan fingerprint density at radius 3 is 2.70 bits per heavy atom. The van der Waals surface area contributed by atoms with Gasteiger partial charge in [-0.2, -0.15) is 0 Å². The number of nitrogens with one attached hydrogen (secondary N) is 2. The minimum absolute atomic E-state index is 0. The molecular formula is C12H21ClN4O3. The average molecular weight is 305 g/mol. The largest absolute Gasteiger partial charge is 0.350 e. The molecule has 2 atom stereocenters. The van der Waals surface area contributed by atoms with Gasteiger partial charge in [-0.05, 0) is 18.9 Å². The Bertz CT molecular complexity index is 404. The standard InChI is InChI=1S/C12H20N4O3.ClH/c1-8-3-4-13-5-9(8)14-10(17)6-16-11(18)7-15(2)12(16)19;/h8-9,13H,3-7H2,1-2H3,(H,14,17);1H. The van der Waals surface area contributed by atoms with Crippen molar-refractivity contribution in [3.63, 3.8) is 0 Å². The second-order valence-corrected chi connectivity index (χ2v) is 5.26. The Morgan fingerprint density at radius 1 is 1.45 bits per heavy atom. The molecule has 0 radical (unpaired) electrons. The van der Waals surface area contributed by atoms with E-state index in [0.717, 1.165) is 24.4 Å². The molecule has 2 fully saturated rings. The van der Waals surface area contributed by atoms with E-state index in [9.17, 15) is 14.4 Å². The lowest BCUT2D eigenvalue weighted by atomic mass is 9.95. The highest BCUT2D eigenvalue weighted by Crippen LogP contribution is 2.12. The summed E-state index contributed by atoms with van der Waals surface area (Å²) in [7, 11) is 1.55. The van der Waals surface area contributed by atoms with Gasteiger partial charge in [-0.25, -0.2) is 4.79 Å². The fourth-order valence-electron chi connectivity index (χ4n) is 2.40. The lowest BCUT2D eigenvalue weighted by Crippen LogP contribution is -2.52. The van der Waals surface area contributed by atoms with Crippen molar-refractivity contribution < 1.29 is 14.4 Å². The summed E-state index contributed by atoms with van der Waals surface area (Å²) in [5.74, 6) is -0.201. The average Bonchev–Trinajstić information content (AvgIpc) is 2.59. The summed E-state index contributed by atoms with van der Waals surface area (Å²) >= 11 is 0. The normalized spacial score (nSPS) is 26.5. The molecule has 0 aliphatic carbocycles. The van der Waals surface area contributed by atoms with Gasteiger partial charge in [0.15, 0.2) is 0 Å². The SMILES string of the molecule is CC1CCNCC1NC(=O)CN1C(=O)CN(C)C1=O.Cl.